The highest BCUT2D eigenvalue weighted by molar-refractivity contribution is 7.91. The van der Waals surface area contributed by atoms with Crippen molar-refractivity contribution in [3.63, 3.8) is 0 Å². The summed E-state index contributed by atoms with van der Waals surface area (Å²) in [5, 5.41) is 11.8. The van der Waals surface area contributed by atoms with Gasteiger partial charge in [-0.3, -0.25) is 0 Å². The van der Waals surface area contributed by atoms with Gasteiger partial charge in [-0.1, -0.05) is 5.21 Å². The van der Waals surface area contributed by atoms with Crippen LogP contribution in [0.4, 0.5) is 0 Å². The average molecular weight is 284 g/mol. The quantitative estimate of drug-likeness (QED) is 0.855. The fourth-order valence-electron chi connectivity index (χ4n) is 2.92. The molecule has 0 radical (unpaired) electrons. The van der Waals surface area contributed by atoms with Gasteiger partial charge in [0.25, 0.3) is 0 Å². The molecule has 0 saturated carbocycles. The Balaban J connectivity index is 1.68. The molecule has 0 bridgehead atoms. The second-order valence-corrected chi connectivity index (χ2v) is 7.83. The van der Waals surface area contributed by atoms with Gasteiger partial charge in [0.2, 0.25) is 0 Å². The zero-order chi connectivity index (χ0) is 13.3. The third kappa shape index (κ3) is 2.97. The molecule has 106 valence electrons. The normalized spacial score (nSPS) is 25.5. The summed E-state index contributed by atoms with van der Waals surface area (Å²) in [6.07, 6.45) is 5.57. The molecule has 2 saturated heterocycles. The van der Waals surface area contributed by atoms with E-state index in [4.69, 9.17) is 0 Å². The van der Waals surface area contributed by atoms with E-state index in [0.29, 0.717) is 18.8 Å². The molecule has 0 unspecified atom stereocenters. The molecule has 2 aliphatic heterocycles. The Hall–Kier alpha value is -0.950. The SMILES string of the molecule is O=S1(=O)CCC(n2cc(C3CCNCC3)nn2)CC1. The summed E-state index contributed by atoms with van der Waals surface area (Å²) < 4.78 is 24.7. The first kappa shape index (κ1) is 13.1. The highest BCUT2D eigenvalue weighted by atomic mass is 32.2. The summed E-state index contributed by atoms with van der Waals surface area (Å²) in [6.45, 7) is 2.08. The molecule has 0 amide bonds. The first-order valence-electron chi connectivity index (χ1n) is 6.97. The molecule has 0 aromatic carbocycles. The van der Waals surface area contributed by atoms with E-state index >= 15 is 0 Å². The van der Waals surface area contributed by atoms with Gasteiger partial charge in [0.05, 0.1) is 23.2 Å². The monoisotopic (exact) mass is 284 g/mol. The predicted octanol–water partition coefficient (Wildman–Crippen LogP) is 0.495. The third-order valence-corrected chi connectivity index (χ3v) is 5.90. The van der Waals surface area contributed by atoms with Crippen LogP contribution in [0.1, 0.15) is 43.3 Å². The molecule has 0 aliphatic carbocycles. The lowest BCUT2D eigenvalue weighted by molar-refractivity contribution is 0.404. The smallest absolute Gasteiger partial charge is 0.150 e. The van der Waals surface area contributed by atoms with E-state index in [0.717, 1.165) is 31.6 Å². The number of sulfone groups is 1. The van der Waals surface area contributed by atoms with Gasteiger partial charge in [0.15, 0.2) is 0 Å². The molecule has 1 aromatic rings. The van der Waals surface area contributed by atoms with E-state index in [-0.39, 0.29) is 17.5 Å². The lowest BCUT2D eigenvalue weighted by Crippen LogP contribution is -2.27. The second-order valence-electron chi connectivity index (χ2n) is 5.53. The zero-order valence-corrected chi connectivity index (χ0v) is 11.8. The molecule has 1 N–H and O–H groups in total. The lowest BCUT2D eigenvalue weighted by Gasteiger charge is -2.22. The predicted molar refractivity (Wildman–Crippen MR) is 71.8 cm³/mol. The third-order valence-electron chi connectivity index (χ3n) is 4.18. The Kier molecular flexibility index (Phi) is 3.58. The van der Waals surface area contributed by atoms with Crippen molar-refractivity contribution >= 4 is 9.84 Å². The minimum Gasteiger partial charge on any atom is -0.317 e. The summed E-state index contributed by atoms with van der Waals surface area (Å²) in [4.78, 5) is 0. The van der Waals surface area contributed by atoms with Crippen molar-refractivity contribution in [2.75, 3.05) is 24.6 Å². The van der Waals surface area contributed by atoms with Crippen molar-refractivity contribution in [2.24, 2.45) is 0 Å². The summed E-state index contributed by atoms with van der Waals surface area (Å²) >= 11 is 0. The van der Waals surface area contributed by atoms with Gasteiger partial charge in [0.1, 0.15) is 9.84 Å². The van der Waals surface area contributed by atoms with E-state index in [1.165, 1.54) is 0 Å². The van der Waals surface area contributed by atoms with Gasteiger partial charge >= 0.3 is 0 Å². The van der Waals surface area contributed by atoms with Gasteiger partial charge < -0.3 is 5.32 Å². The Labute approximate surface area is 113 Å². The van der Waals surface area contributed by atoms with E-state index in [2.05, 4.69) is 15.6 Å². The molecule has 6 nitrogen and oxygen atoms in total. The van der Waals surface area contributed by atoms with Crippen molar-refractivity contribution in [2.45, 2.75) is 37.6 Å². The number of piperidine rings is 1. The molecule has 0 spiro atoms. The summed E-state index contributed by atoms with van der Waals surface area (Å²) in [7, 11) is -2.81. The molecular formula is C12H20N4O2S. The Morgan fingerprint density at radius 1 is 1.16 bits per heavy atom. The first-order chi connectivity index (χ1) is 9.14. The fourth-order valence-corrected chi connectivity index (χ4v) is 4.38. The number of rotatable bonds is 2. The van der Waals surface area contributed by atoms with Crippen molar-refractivity contribution in [1.29, 1.82) is 0 Å². The maximum absolute atomic E-state index is 11.4. The molecular weight excluding hydrogens is 264 g/mol. The van der Waals surface area contributed by atoms with Gasteiger partial charge in [-0.25, -0.2) is 13.1 Å². The van der Waals surface area contributed by atoms with Crippen LogP contribution in [-0.2, 0) is 9.84 Å². The summed E-state index contributed by atoms with van der Waals surface area (Å²) in [6, 6.07) is 0.200. The number of hydrogen-bond donors (Lipinski definition) is 1. The number of nitrogens with one attached hydrogen (secondary N) is 1. The van der Waals surface area contributed by atoms with Crippen LogP contribution in [0.5, 0.6) is 0 Å². The highest BCUT2D eigenvalue weighted by Crippen LogP contribution is 2.27. The first-order valence-corrected chi connectivity index (χ1v) is 8.79. The lowest BCUT2D eigenvalue weighted by atomic mass is 9.95. The summed E-state index contributed by atoms with van der Waals surface area (Å²) in [5.41, 5.74) is 1.06. The molecule has 3 heterocycles. The second kappa shape index (κ2) is 5.20. The van der Waals surface area contributed by atoms with Crippen molar-refractivity contribution in [1.82, 2.24) is 20.3 Å². The molecule has 1 aromatic heterocycles. The maximum Gasteiger partial charge on any atom is 0.150 e. The van der Waals surface area contributed by atoms with Crippen LogP contribution in [0.3, 0.4) is 0 Å². The number of aromatic nitrogens is 3. The maximum atomic E-state index is 11.4. The van der Waals surface area contributed by atoms with E-state index in [9.17, 15) is 8.42 Å². The van der Waals surface area contributed by atoms with Gasteiger partial charge in [-0.2, -0.15) is 0 Å². The Morgan fingerprint density at radius 2 is 1.84 bits per heavy atom. The van der Waals surface area contributed by atoms with Crippen molar-refractivity contribution in [3.05, 3.63) is 11.9 Å². The topological polar surface area (TPSA) is 76.9 Å². The van der Waals surface area contributed by atoms with E-state index < -0.39 is 9.84 Å². The van der Waals surface area contributed by atoms with Crippen LogP contribution < -0.4 is 5.32 Å². The van der Waals surface area contributed by atoms with Gasteiger partial charge in [-0.15, -0.1) is 5.10 Å². The Morgan fingerprint density at radius 3 is 2.53 bits per heavy atom. The molecule has 3 rings (SSSR count). The number of nitrogens with zero attached hydrogens (tertiary/aromatic N) is 3. The van der Waals surface area contributed by atoms with Crippen molar-refractivity contribution < 1.29 is 8.42 Å². The van der Waals surface area contributed by atoms with E-state index in [1.54, 1.807) is 0 Å². The van der Waals surface area contributed by atoms with Crippen LogP contribution in [0.2, 0.25) is 0 Å². The minimum atomic E-state index is -2.81. The molecule has 2 fully saturated rings. The number of hydrogen-bond acceptors (Lipinski definition) is 5. The zero-order valence-electron chi connectivity index (χ0n) is 11.0. The van der Waals surface area contributed by atoms with Crippen LogP contribution >= 0.6 is 0 Å². The molecule has 2 aliphatic rings. The molecule has 7 heteroatoms. The largest absolute Gasteiger partial charge is 0.317 e. The van der Waals surface area contributed by atoms with Crippen LogP contribution in [0.25, 0.3) is 0 Å². The highest BCUT2D eigenvalue weighted by Gasteiger charge is 2.26. The average Bonchev–Trinajstić information content (AvgIpc) is 2.89. The summed E-state index contributed by atoms with van der Waals surface area (Å²) in [5.74, 6) is 1.06. The van der Waals surface area contributed by atoms with Gasteiger partial charge in [0, 0.05) is 12.1 Å². The van der Waals surface area contributed by atoms with Gasteiger partial charge in [-0.05, 0) is 38.8 Å². The Bertz CT molecular complexity index is 520. The van der Waals surface area contributed by atoms with Crippen molar-refractivity contribution in [3.8, 4) is 0 Å². The van der Waals surface area contributed by atoms with Crippen LogP contribution in [-0.4, -0.2) is 48.0 Å². The molecule has 19 heavy (non-hydrogen) atoms. The fraction of sp³-hybridized carbons (Fsp3) is 0.833. The standard InChI is InChI=1S/C12H20N4O2S/c17-19(18)7-3-11(4-8-19)16-9-12(14-15-16)10-1-5-13-6-2-10/h9-11,13H,1-8H2. The van der Waals surface area contributed by atoms with Crippen LogP contribution in [0.15, 0.2) is 6.20 Å². The van der Waals surface area contributed by atoms with Crippen LogP contribution in [0, 0.1) is 0 Å². The van der Waals surface area contributed by atoms with E-state index in [1.807, 2.05) is 10.9 Å². The molecule has 0 atom stereocenters. The minimum absolute atomic E-state index is 0.200.